The van der Waals surface area contributed by atoms with Crippen LogP contribution in [0.5, 0.6) is 11.5 Å². The number of anilines is 1. The fourth-order valence-electron chi connectivity index (χ4n) is 1.57. The molecule has 0 bridgehead atoms. The van der Waals surface area contributed by atoms with Crippen LogP contribution in [0.4, 0.5) is 5.69 Å². The Labute approximate surface area is 106 Å². The molecule has 0 spiro atoms. The molecule has 2 N–H and O–H groups in total. The summed E-state index contributed by atoms with van der Waals surface area (Å²) in [6.45, 7) is 2.52. The van der Waals surface area contributed by atoms with Gasteiger partial charge >= 0.3 is 0 Å². The Bertz CT molecular complexity index is 526. The van der Waals surface area contributed by atoms with Gasteiger partial charge in [-0.3, -0.25) is 0 Å². The van der Waals surface area contributed by atoms with Crippen LogP contribution in [0, 0.1) is 0 Å². The highest BCUT2D eigenvalue weighted by Gasteiger charge is 2.08. The fraction of sp³-hybridized carbons (Fsp3) is 0.231. The lowest BCUT2D eigenvalue weighted by molar-refractivity contribution is 0.311. The number of hydrogen-bond donors (Lipinski definition) is 1. The lowest BCUT2D eigenvalue weighted by atomic mass is 10.2. The Hall–Kier alpha value is -2.30. The maximum Gasteiger partial charge on any atom is 0.161 e. The third-order valence-corrected chi connectivity index (χ3v) is 2.39. The van der Waals surface area contributed by atoms with Gasteiger partial charge in [-0.2, -0.15) is 0 Å². The third kappa shape index (κ3) is 2.51. The second kappa shape index (κ2) is 5.35. The highest BCUT2D eigenvalue weighted by molar-refractivity contribution is 5.61. The van der Waals surface area contributed by atoms with Gasteiger partial charge in [-0.25, -0.2) is 9.97 Å². The number of benzene rings is 1. The first-order chi connectivity index (χ1) is 8.74. The second-order valence-electron chi connectivity index (χ2n) is 3.64. The molecule has 0 aliphatic carbocycles. The number of nitrogens with zero attached hydrogens (tertiary/aromatic N) is 2. The van der Waals surface area contributed by atoms with Gasteiger partial charge in [0, 0.05) is 5.56 Å². The van der Waals surface area contributed by atoms with Crippen LogP contribution < -0.4 is 15.2 Å². The van der Waals surface area contributed by atoms with Crippen molar-refractivity contribution in [3.8, 4) is 22.9 Å². The van der Waals surface area contributed by atoms with Gasteiger partial charge in [-0.15, -0.1) is 0 Å². The zero-order valence-electron chi connectivity index (χ0n) is 10.4. The van der Waals surface area contributed by atoms with Crippen LogP contribution in [0.15, 0.2) is 30.6 Å². The van der Waals surface area contributed by atoms with Gasteiger partial charge in [0.15, 0.2) is 17.3 Å². The molecule has 0 fully saturated rings. The summed E-state index contributed by atoms with van der Waals surface area (Å²) in [7, 11) is 1.60. The molecule has 2 aromatic rings. The van der Waals surface area contributed by atoms with Crippen LogP contribution in [0.25, 0.3) is 11.4 Å². The summed E-state index contributed by atoms with van der Waals surface area (Å²) in [6.07, 6.45) is 3.15. The topological polar surface area (TPSA) is 70.3 Å². The number of rotatable bonds is 4. The monoisotopic (exact) mass is 245 g/mol. The minimum absolute atomic E-state index is 0.539. The van der Waals surface area contributed by atoms with E-state index in [9.17, 15) is 0 Å². The predicted molar refractivity (Wildman–Crippen MR) is 69.6 cm³/mol. The summed E-state index contributed by atoms with van der Waals surface area (Å²) < 4.78 is 10.7. The van der Waals surface area contributed by atoms with Crippen molar-refractivity contribution >= 4 is 5.69 Å². The molecule has 18 heavy (non-hydrogen) atoms. The third-order valence-electron chi connectivity index (χ3n) is 2.39. The van der Waals surface area contributed by atoms with Crippen molar-refractivity contribution in [3.05, 3.63) is 30.6 Å². The van der Waals surface area contributed by atoms with Crippen LogP contribution in [0.3, 0.4) is 0 Å². The van der Waals surface area contributed by atoms with Crippen molar-refractivity contribution in [3.63, 3.8) is 0 Å². The lowest BCUT2D eigenvalue weighted by Crippen LogP contribution is -1.97. The standard InChI is InChI=1S/C13H15N3O2/c1-3-18-11-5-4-9(6-12(11)17-2)13-15-7-10(14)8-16-13/h4-8H,3,14H2,1-2H3. The predicted octanol–water partition coefficient (Wildman–Crippen LogP) is 2.13. The zero-order chi connectivity index (χ0) is 13.0. The quantitative estimate of drug-likeness (QED) is 0.893. The van der Waals surface area contributed by atoms with Gasteiger partial charge in [0.25, 0.3) is 0 Å². The molecule has 0 atom stereocenters. The SMILES string of the molecule is CCOc1ccc(-c2ncc(N)cn2)cc1OC. The van der Waals surface area contributed by atoms with E-state index in [1.54, 1.807) is 19.5 Å². The maximum absolute atomic E-state index is 5.55. The molecule has 0 aliphatic heterocycles. The summed E-state index contributed by atoms with van der Waals surface area (Å²) in [5.74, 6) is 1.97. The number of methoxy groups -OCH3 is 1. The molecule has 1 aromatic heterocycles. The Morgan fingerprint density at radius 2 is 1.89 bits per heavy atom. The van der Waals surface area contributed by atoms with E-state index in [1.165, 1.54) is 0 Å². The van der Waals surface area contributed by atoms with Gasteiger partial charge in [-0.1, -0.05) is 0 Å². The van der Waals surface area contributed by atoms with Crippen molar-refractivity contribution < 1.29 is 9.47 Å². The summed E-state index contributed by atoms with van der Waals surface area (Å²) in [5.41, 5.74) is 6.95. The van der Waals surface area contributed by atoms with Gasteiger partial charge in [0.05, 0.1) is 31.8 Å². The molecule has 94 valence electrons. The van der Waals surface area contributed by atoms with Crippen molar-refractivity contribution in [1.29, 1.82) is 0 Å². The molecule has 0 saturated heterocycles. The number of nitrogen functional groups attached to an aromatic ring is 1. The molecule has 1 aromatic carbocycles. The molecular weight excluding hydrogens is 230 g/mol. The number of ether oxygens (including phenoxy) is 2. The van der Waals surface area contributed by atoms with Gasteiger partial charge in [-0.05, 0) is 25.1 Å². The minimum Gasteiger partial charge on any atom is -0.493 e. The molecule has 0 radical (unpaired) electrons. The molecule has 5 heteroatoms. The normalized spacial score (nSPS) is 10.1. The van der Waals surface area contributed by atoms with E-state index in [2.05, 4.69) is 9.97 Å². The summed E-state index contributed by atoms with van der Waals surface area (Å²) in [4.78, 5) is 8.33. The van der Waals surface area contributed by atoms with Crippen LogP contribution >= 0.6 is 0 Å². The Balaban J connectivity index is 2.37. The first-order valence-electron chi connectivity index (χ1n) is 5.63. The Morgan fingerprint density at radius 1 is 1.17 bits per heavy atom. The summed E-state index contributed by atoms with van der Waals surface area (Å²) in [5, 5.41) is 0. The minimum atomic E-state index is 0.539. The van der Waals surface area contributed by atoms with E-state index in [4.69, 9.17) is 15.2 Å². The number of nitrogens with two attached hydrogens (primary N) is 1. The van der Waals surface area contributed by atoms with Gasteiger partial charge in [0.2, 0.25) is 0 Å². The number of hydrogen-bond acceptors (Lipinski definition) is 5. The van der Waals surface area contributed by atoms with E-state index in [1.807, 2.05) is 25.1 Å². The molecule has 0 amide bonds. The van der Waals surface area contributed by atoms with Crippen LogP contribution in [-0.2, 0) is 0 Å². The highest BCUT2D eigenvalue weighted by atomic mass is 16.5. The lowest BCUT2D eigenvalue weighted by Gasteiger charge is -2.10. The largest absolute Gasteiger partial charge is 0.493 e. The summed E-state index contributed by atoms with van der Waals surface area (Å²) >= 11 is 0. The molecule has 1 heterocycles. The zero-order valence-corrected chi connectivity index (χ0v) is 10.4. The van der Waals surface area contributed by atoms with Crippen molar-refractivity contribution in [1.82, 2.24) is 9.97 Å². The van der Waals surface area contributed by atoms with Crippen molar-refractivity contribution in [2.75, 3.05) is 19.5 Å². The van der Waals surface area contributed by atoms with Gasteiger partial charge < -0.3 is 15.2 Å². The molecular formula is C13H15N3O2. The number of aromatic nitrogens is 2. The van der Waals surface area contributed by atoms with E-state index in [0.29, 0.717) is 29.6 Å². The first kappa shape index (κ1) is 12.2. The first-order valence-corrected chi connectivity index (χ1v) is 5.63. The average molecular weight is 245 g/mol. The second-order valence-corrected chi connectivity index (χ2v) is 3.64. The van der Waals surface area contributed by atoms with Crippen molar-refractivity contribution in [2.45, 2.75) is 6.92 Å². The highest BCUT2D eigenvalue weighted by Crippen LogP contribution is 2.31. The smallest absolute Gasteiger partial charge is 0.161 e. The van der Waals surface area contributed by atoms with Gasteiger partial charge in [0.1, 0.15) is 0 Å². The molecule has 0 saturated carbocycles. The Kier molecular flexibility index (Phi) is 3.62. The Morgan fingerprint density at radius 3 is 2.50 bits per heavy atom. The van der Waals surface area contributed by atoms with E-state index >= 15 is 0 Å². The van der Waals surface area contributed by atoms with Crippen LogP contribution in [0.1, 0.15) is 6.92 Å². The van der Waals surface area contributed by atoms with E-state index in [0.717, 1.165) is 5.56 Å². The van der Waals surface area contributed by atoms with Crippen molar-refractivity contribution in [2.24, 2.45) is 0 Å². The van der Waals surface area contributed by atoms with E-state index < -0.39 is 0 Å². The fourth-order valence-corrected chi connectivity index (χ4v) is 1.57. The van der Waals surface area contributed by atoms with Crippen LogP contribution in [-0.4, -0.2) is 23.7 Å². The van der Waals surface area contributed by atoms with E-state index in [-0.39, 0.29) is 0 Å². The maximum atomic E-state index is 5.55. The molecule has 0 unspecified atom stereocenters. The molecule has 2 rings (SSSR count). The average Bonchev–Trinajstić information content (AvgIpc) is 2.40. The van der Waals surface area contributed by atoms with Crippen LogP contribution in [0.2, 0.25) is 0 Å². The summed E-state index contributed by atoms with van der Waals surface area (Å²) in [6, 6.07) is 5.58. The molecule has 0 aliphatic rings. The molecule has 5 nitrogen and oxygen atoms in total.